The van der Waals surface area contributed by atoms with Crippen molar-refractivity contribution in [1.82, 2.24) is 0 Å². The fourth-order valence-corrected chi connectivity index (χ4v) is 3.36. The van der Waals surface area contributed by atoms with Gasteiger partial charge in [0.15, 0.2) is 18.0 Å². The van der Waals surface area contributed by atoms with E-state index in [-0.39, 0.29) is 19.0 Å². The molecule has 0 aliphatic carbocycles. The molecule has 0 spiro atoms. The summed E-state index contributed by atoms with van der Waals surface area (Å²) in [5.74, 6) is -0.454. The highest BCUT2D eigenvalue weighted by atomic mass is 16.6. The standard InChI is InChI=1S/C28H27NO8/c1-19(31)20-10-12-22(13-11-20)29-28(34)37-27(21-6-5-9-24(18-21)35-17-16-30)25(14-15-26(32)33)36-23-7-3-2-4-8-23/h2-15,18,25,27,30H,16-17H2,1H3,(H,29,34)(H,32,33)/b15-14+/t25-,27-/m0/s1. The number of anilines is 1. The predicted octanol–water partition coefficient (Wildman–Crippen LogP) is 4.64. The Labute approximate surface area is 213 Å². The molecule has 3 aromatic rings. The van der Waals surface area contributed by atoms with E-state index >= 15 is 0 Å². The molecule has 0 saturated carbocycles. The van der Waals surface area contributed by atoms with E-state index in [0.29, 0.717) is 28.3 Å². The second kappa shape index (κ2) is 13.5. The van der Waals surface area contributed by atoms with Crippen LogP contribution in [0.15, 0.2) is 91.0 Å². The van der Waals surface area contributed by atoms with Gasteiger partial charge < -0.3 is 24.4 Å². The summed E-state index contributed by atoms with van der Waals surface area (Å²) in [4.78, 5) is 35.7. The number of rotatable bonds is 12. The predicted molar refractivity (Wildman–Crippen MR) is 136 cm³/mol. The summed E-state index contributed by atoms with van der Waals surface area (Å²) in [7, 11) is 0. The van der Waals surface area contributed by atoms with Crippen molar-refractivity contribution in [3.63, 3.8) is 0 Å². The quantitative estimate of drug-likeness (QED) is 0.240. The maximum Gasteiger partial charge on any atom is 0.412 e. The number of amides is 1. The molecular weight excluding hydrogens is 478 g/mol. The Hall–Kier alpha value is -4.63. The van der Waals surface area contributed by atoms with Crippen LogP contribution in [0.25, 0.3) is 0 Å². The highest BCUT2D eigenvalue weighted by molar-refractivity contribution is 5.95. The van der Waals surface area contributed by atoms with Crippen LogP contribution in [0.1, 0.15) is 28.9 Å². The molecule has 0 fully saturated rings. The van der Waals surface area contributed by atoms with Gasteiger partial charge in [-0.2, -0.15) is 0 Å². The van der Waals surface area contributed by atoms with E-state index in [0.717, 1.165) is 6.08 Å². The maximum absolute atomic E-state index is 12.9. The fraction of sp³-hybridized carbons (Fsp3) is 0.179. The molecular formula is C28H27NO8. The van der Waals surface area contributed by atoms with Crippen molar-refractivity contribution < 1.29 is 38.8 Å². The van der Waals surface area contributed by atoms with Crippen molar-refractivity contribution in [2.75, 3.05) is 18.5 Å². The Kier molecular flexibility index (Phi) is 9.81. The first kappa shape index (κ1) is 27.0. The SMILES string of the molecule is CC(=O)c1ccc(NC(=O)O[C@@H](c2cccc(OCCO)c2)[C@H](/C=C/C(=O)O)Oc2ccccc2)cc1. The van der Waals surface area contributed by atoms with Gasteiger partial charge in [0.05, 0.1) is 6.61 Å². The van der Waals surface area contributed by atoms with Crippen LogP contribution in [0.4, 0.5) is 10.5 Å². The van der Waals surface area contributed by atoms with E-state index in [4.69, 9.17) is 19.3 Å². The third kappa shape index (κ3) is 8.52. The number of ketones is 1. The Morgan fingerprint density at radius 1 is 0.946 bits per heavy atom. The smallest absolute Gasteiger partial charge is 0.412 e. The van der Waals surface area contributed by atoms with Crippen molar-refractivity contribution >= 4 is 23.5 Å². The van der Waals surface area contributed by atoms with Crippen LogP contribution >= 0.6 is 0 Å². The number of carbonyl (C=O) groups is 3. The lowest BCUT2D eigenvalue weighted by Crippen LogP contribution is -2.30. The molecule has 1 amide bonds. The maximum atomic E-state index is 12.9. The minimum absolute atomic E-state index is 0.0641. The number of nitrogens with one attached hydrogen (secondary N) is 1. The molecule has 3 rings (SSSR count). The number of aliphatic hydroxyl groups excluding tert-OH is 1. The molecule has 9 nitrogen and oxygen atoms in total. The lowest BCUT2D eigenvalue weighted by Gasteiger charge is -2.26. The molecule has 0 saturated heterocycles. The number of carboxylic acid groups (broad SMARTS) is 1. The minimum Gasteiger partial charge on any atom is -0.491 e. The summed E-state index contributed by atoms with van der Waals surface area (Å²) in [6.45, 7) is 1.32. The van der Waals surface area contributed by atoms with Crippen molar-refractivity contribution in [3.05, 3.63) is 102 Å². The first-order valence-corrected chi connectivity index (χ1v) is 11.4. The van der Waals surface area contributed by atoms with Crippen molar-refractivity contribution in [2.24, 2.45) is 0 Å². The van der Waals surface area contributed by atoms with Crippen LogP contribution in [0, 0.1) is 0 Å². The Morgan fingerprint density at radius 2 is 1.65 bits per heavy atom. The van der Waals surface area contributed by atoms with Crippen molar-refractivity contribution in [3.8, 4) is 11.5 Å². The number of ether oxygens (including phenoxy) is 3. The molecule has 0 unspecified atom stereocenters. The highest BCUT2D eigenvalue weighted by Gasteiger charge is 2.28. The monoisotopic (exact) mass is 505 g/mol. The Bertz CT molecular complexity index is 1220. The Morgan fingerprint density at radius 3 is 2.30 bits per heavy atom. The molecule has 0 heterocycles. The first-order chi connectivity index (χ1) is 17.9. The molecule has 9 heteroatoms. The van der Waals surface area contributed by atoms with Gasteiger partial charge in [0.2, 0.25) is 0 Å². The number of benzene rings is 3. The van der Waals surface area contributed by atoms with Crippen LogP contribution in [0.2, 0.25) is 0 Å². The number of carbonyl (C=O) groups excluding carboxylic acids is 2. The topological polar surface area (TPSA) is 131 Å². The second-order valence-corrected chi connectivity index (χ2v) is 7.82. The van der Waals surface area contributed by atoms with Crippen LogP contribution in [-0.4, -0.2) is 47.4 Å². The number of hydrogen-bond donors (Lipinski definition) is 3. The third-order valence-corrected chi connectivity index (χ3v) is 5.06. The van der Waals surface area contributed by atoms with Gasteiger partial charge in [-0.05, 0) is 61.5 Å². The molecule has 0 aliphatic rings. The molecule has 0 bridgehead atoms. The number of para-hydroxylation sites is 1. The van der Waals surface area contributed by atoms with Crippen LogP contribution in [0.5, 0.6) is 11.5 Å². The summed E-state index contributed by atoms with van der Waals surface area (Å²) in [5.41, 5.74) is 1.36. The lowest BCUT2D eigenvalue weighted by molar-refractivity contribution is -0.131. The normalized spacial score (nSPS) is 12.4. The molecule has 3 N–H and O–H groups in total. The summed E-state index contributed by atoms with van der Waals surface area (Å²) in [5, 5.41) is 20.9. The zero-order valence-electron chi connectivity index (χ0n) is 20.1. The molecule has 0 aliphatic heterocycles. The van der Waals surface area contributed by atoms with Gasteiger partial charge in [-0.3, -0.25) is 10.1 Å². The van der Waals surface area contributed by atoms with Crippen molar-refractivity contribution in [1.29, 1.82) is 0 Å². The summed E-state index contributed by atoms with van der Waals surface area (Å²) in [6.07, 6.45) is -0.750. The van der Waals surface area contributed by atoms with Crippen molar-refractivity contribution in [2.45, 2.75) is 19.1 Å². The first-order valence-electron chi connectivity index (χ1n) is 11.4. The number of Topliss-reactive ketones (excluding diaryl/α,β-unsaturated/α-hetero) is 1. The molecule has 37 heavy (non-hydrogen) atoms. The number of aliphatic hydroxyl groups is 1. The van der Waals surface area contributed by atoms with E-state index in [1.165, 1.54) is 13.0 Å². The third-order valence-electron chi connectivity index (χ3n) is 5.06. The van der Waals surface area contributed by atoms with E-state index in [9.17, 15) is 19.5 Å². The largest absolute Gasteiger partial charge is 0.491 e. The van der Waals surface area contributed by atoms with Crippen LogP contribution < -0.4 is 14.8 Å². The van der Waals surface area contributed by atoms with Gasteiger partial charge in [-0.15, -0.1) is 0 Å². The number of aliphatic carboxylic acids is 1. The highest BCUT2D eigenvalue weighted by Crippen LogP contribution is 2.30. The van der Waals surface area contributed by atoms with Gasteiger partial charge in [0.25, 0.3) is 0 Å². The zero-order valence-corrected chi connectivity index (χ0v) is 20.1. The minimum atomic E-state index is -1.20. The van der Waals surface area contributed by atoms with Gasteiger partial charge in [-0.25, -0.2) is 9.59 Å². The van der Waals surface area contributed by atoms with Gasteiger partial charge in [-0.1, -0.05) is 30.3 Å². The van der Waals surface area contributed by atoms with E-state index in [1.807, 2.05) is 0 Å². The lowest BCUT2D eigenvalue weighted by atomic mass is 10.0. The van der Waals surface area contributed by atoms with Crippen LogP contribution in [0.3, 0.4) is 0 Å². The van der Waals surface area contributed by atoms with Gasteiger partial charge >= 0.3 is 12.1 Å². The zero-order chi connectivity index (χ0) is 26.6. The van der Waals surface area contributed by atoms with Crippen LogP contribution in [-0.2, 0) is 9.53 Å². The average Bonchev–Trinajstić information content (AvgIpc) is 2.89. The summed E-state index contributed by atoms with van der Waals surface area (Å²) in [6, 6.07) is 21.6. The Balaban J connectivity index is 1.92. The summed E-state index contributed by atoms with van der Waals surface area (Å²) >= 11 is 0. The molecule has 3 aromatic carbocycles. The van der Waals surface area contributed by atoms with E-state index in [1.54, 1.807) is 78.9 Å². The molecule has 2 atom stereocenters. The second-order valence-electron chi connectivity index (χ2n) is 7.82. The molecule has 192 valence electrons. The fourth-order valence-electron chi connectivity index (χ4n) is 3.36. The van der Waals surface area contributed by atoms with E-state index < -0.39 is 24.3 Å². The van der Waals surface area contributed by atoms with Gasteiger partial charge in [0.1, 0.15) is 18.1 Å². The van der Waals surface area contributed by atoms with Gasteiger partial charge in [0, 0.05) is 22.9 Å². The number of carboxylic acids is 1. The molecule has 0 aromatic heterocycles. The number of hydrogen-bond acceptors (Lipinski definition) is 7. The van der Waals surface area contributed by atoms with E-state index in [2.05, 4.69) is 5.32 Å². The average molecular weight is 506 g/mol. The molecule has 0 radical (unpaired) electrons. The summed E-state index contributed by atoms with van der Waals surface area (Å²) < 4.78 is 17.3.